The van der Waals surface area contributed by atoms with Crippen LogP contribution in [-0.2, 0) is 11.2 Å². The number of aromatic nitrogens is 3. The number of carbonyl (C=O) groups excluding carboxylic acids is 1. The smallest absolute Gasteiger partial charge is 0.266 e. The van der Waals surface area contributed by atoms with Gasteiger partial charge in [0, 0.05) is 29.2 Å². The van der Waals surface area contributed by atoms with E-state index in [9.17, 15) is 4.79 Å². The summed E-state index contributed by atoms with van der Waals surface area (Å²) in [7, 11) is 0. The fourth-order valence-corrected chi connectivity index (χ4v) is 2.36. The molecule has 0 saturated carbocycles. The predicted octanol–water partition coefficient (Wildman–Crippen LogP) is 3.47. The zero-order valence-electron chi connectivity index (χ0n) is 12.1. The molecule has 3 rings (SSSR count). The summed E-state index contributed by atoms with van der Waals surface area (Å²) < 4.78 is 6.43. The normalized spacial score (nSPS) is 10.5. The highest BCUT2D eigenvalue weighted by Gasteiger charge is 2.11. The van der Waals surface area contributed by atoms with Crippen LogP contribution in [0.3, 0.4) is 0 Å². The number of hydrogen-bond acceptors (Lipinski definition) is 5. The summed E-state index contributed by atoms with van der Waals surface area (Å²) in [5.41, 5.74) is 1.36. The van der Waals surface area contributed by atoms with Crippen molar-refractivity contribution in [2.75, 3.05) is 5.32 Å². The molecule has 116 valence electrons. The van der Waals surface area contributed by atoms with Gasteiger partial charge < -0.3 is 9.73 Å². The number of benzene rings is 1. The Hall–Kier alpha value is -2.54. The molecule has 3 aromatic rings. The summed E-state index contributed by atoms with van der Waals surface area (Å²) in [6, 6.07) is 12.9. The highest BCUT2D eigenvalue weighted by molar-refractivity contribution is 9.10. The minimum Gasteiger partial charge on any atom is -0.419 e. The number of pyridine rings is 1. The van der Waals surface area contributed by atoms with Crippen LogP contribution in [0.2, 0.25) is 0 Å². The van der Waals surface area contributed by atoms with Gasteiger partial charge in [-0.2, -0.15) is 0 Å². The molecule has 0 unspecified atom stereocenters. The van der Waals surface area contributed by atoms with Crippen molar-refractivity contribution in [3.63, 3.8) is 0 Å². The van der Waals surface area contributed by atoms with Crippen molar-refractivity contribution < 1.29 is 9.21 Å². The van der Waals surface area contributed by atoms with Crippen LogP contribution in [0.25, 0.3) is 11.6 Å². The number of nitrogens with zero attached hydrogens (tertiary/aromatic N) is 3. The molecule has 0 saturated heterocycles. The molecule has 0 fully saturated rings. The molecule has 2 heterocycles. The van der Waals surface area contributed by atoms with Gasteiger partial charge in [0.15, 0.2) is 0 Å². The maximum Gasteiger partial charge on any atom is 0.266 e. The third-order valence-corrected chi connectivity index (χ3v) is 3.52. The lowest BCUT2D eigenvalue weighted by atomic mass is 10.2. The zero-order chi connectivity index (χ0) is 16.1. The minimum atomic E-state index is -0.110. The summed E-state index contributed by atoms with van der Waals surface area (Å²) >= 11 is 3.36. The first-order valence-electron chi connectivity index (χ1n) is 7.00. The SMILES string of the molecule is O=C(CCc1nnc(-c2ccccn2)o1)Nc1cccc(Br)c1. The van der Waals surface area contributed by atoms with Gasteiger partial charge in [0.1, 0.15) is 5.69 Å². The van der Waals surface area contributed by atoms with E-state index in [0.29, 0.717) is 23.9 Å². The molecule has 0 spiro atoms. The van der Waals surface area contributed by atoms with Crippen molar-refractivity contribution in [1.29, 1.82) is 0 Å². The van der Waals surface area contributed by atoms with Gasteiger partial charge in [0.05, 0.1) is 0 Å². The standard InChI is InChI=1S/C16H13BrN4O2/c17-11-4-3-5-12(10-11)19-14(22)7-8-15-20-21-16(23-15)13-6-1-2-9-18-13/h1-6,9-10H,7-8H2,(H,19,22). The van der Waals surface area contributed by atoms with Crippen LogP contribution < -0.4 is 5.32 Å². The Morgan fingerprint density at radius 2 is 2.09 bits per heavy atom. The van der Waals surface area contributed by atoms with Gasteiger partial charge in [-0.15, -0.1) is 10.2 Å². The first-order valence-corrected chi connectivity index (χ1v) is 7.79. The van der Waals surface area contributed by atoms with Crippen LogP contribution in [0, 0.1) is 0 Å². The molecule has 2 aromatic heterocycles. The molecule has 6 nitrogen and oxygen atoms in total. The minimum absolute atomic E-state index is 0.110. The van der Waals surface area contributed by atoms with E-state index < -0.39 is 0 Å². The second-order valence-corrected chi connectivity index (χ2v) is 5.69. The van der Waals surface area contributed by atoms with Crippen LogP contribution in [0.1, 0.15) is 12.3 Å². The van der Waals surface area contributed by atoms with Gasteiger partial charge in [-0.1, -0.05) is 28.1 Å². The average molecular weight is 373 g/mol. The van der Waals surface area contributed by atoms with Gasteiger partial charge in [-0.25, -0.2) is 0 Å². The predicted molar refractivity (Wildman–Crippen MR) is 88.6 cm³/mol. The summed E-state index contributed by atoms with van der Waals surface area (Å²) in [5, 5.41) is 10.7. The summed E-state index contributed by atoms with van der Waals surface area (Å²) in [6.45, 7) is 0. The molecule has 0 aliphatic rings. The van der Waals surface area contributed by atoms with Gasteiger partial charge in [0.2, 0.25) is 11.8 Å². The lowest BCUT2D eigenvalue weighted by molar-refractivity contribution is -0.116. The molecule has 0 bridgehead atoms. The van der Waals surface area contributed by atoms with E-state index in [1.165, 1.54) is 0 Å². The van der Waals surface area contributed by atoms with E-state index in [2.05, 4.69) is 36.4 Å². The van der Waals surface area contributed by atoms with Crippen molar-refractivity contribution in [3.05, 3.63) is 59.0 Å². The van der Waals surface area contributed by atoms with Crippen LogP contribution >= 0.6 is 15.9 Å². The fourth-order valence-electron chi connectivity index (χ4n) is 1.96. The number of anilines is 1. The van der Waals surface area contributed by atoms with Crippen molar-refractivity contribution in [1.82, 2.24) is 15.2 Å². The van der Waals surface area contributed by atoms with E-state index in [-0.39, 0.29) is 12.3 Å². The van der Waals surface area contributed by atoms with Crippen molar-refractivity contribution in [2.24, 2.45) is 0 Å². The number of nitrogens with one attached hydrogen (secondary N) is 1. The van der Waals surface area contributed by atoms with E-state index >= 15 is 0 Å². The van der Waals surface area contributed by atoms with Crippen molar-refractivity contribution in [3.8, 4) is 11.6 Å². The highest BCUT2D eigenvalue weighted by atomic mass is 79.9. The molecule has 0 atom stereocenters. The monoisotopic (exact) mass is 372 g/mol. The number of rotatable bonds is 5. The Bertz CT molecular complexity index is 805. The van der Waals surface area contributed by atoms with E-state index in [1.54, 1.807) is 12.3 Å². The largest absolute Gasteiger partial charge is 0.419 e. The Balaban J connectivity index is 1.56. The van der Waals surface area contributed by atoms with Crippen LogP contribution in [0.5, 0.6) is 0 Å². The molecule has 1 amide bonds. The average Bonchev–Trinajstić information content (AvgIpc) is 3.03. The quantitative estimate of drug-likeness (QED) is 0.741. The Kier molecular flexibility index (Phi) is 4.77. The van der Waals surface area contributed by atoms with Crippen LogP contribution in [0.4, 0.5) is 5.69 Å². The molecule has 7 heteroatoms. The summed E-state index contributed by atoms with van der Waals surface area (Å²) in [4.78, 5) is 16.1. The molecule has 23 heavy (non-hydrogen) atoms. The number of hydrogen-bond donors (Lipinski definition) is 1. The zero-order valence-corrected chi connectivity index (χ0v) is 13.7. The first kappa shape index (κ1) is 15.4. The van der Waals surface area contributed by atoms with Crippen LogP contribution in [-0.4, -0.2) is 21.1 Å². The van der Waals surface area contributed by atoms with Gasteiger partial charge in [-0.3, -0.25) is 9.78 Å². The van der Waals surface area contributed by atoms with Crippen LogP contribution in [0.15, 0.2) is 57.6 Å². The Labute approximate surface area is 141 Å². The van der Waals surface area contributed by atoms with E-state index in [4.69, 9.17) is 4.42 Å². The fraction of sp³-hybridized carbons (Fsp3) is 0.125. The maximum absolute atomic E-state index is 11.9. The molecule has 0 aliphatic heterocycles. The highest BCUT2D eigenvalue weighted by Crippen LogP contribution is 2.17. The first-order chi connectivity index (χ1) is 11.2. The lowest BCUT2D eigenvalue weighted by Crippen LogP contribution is -2.12. The topological polar surface area (TPSA) is 80.9 Å². The third-order valence-electron chi connectivity index (χ3n) is 3.03. The summed E-state index contributed by atoms with van der Waals surface area (Å²) in [6.07, 6.45) is 2.29. The second-order valence-electron chi connectivity index (χ2n) is 4.77. The molecule has 1 aromatic carbocycles. The van der Waals surface area contributed by atoms with Gasteiger partial charge in [0.25, 0.3) is 5.89 Å². The molecule has 0 radical (unpaired) electrons. The van der Waals surface area contributed by atoms with Gasteiger partial charge in [-0.05, 0) is 30.3 Å². The van der Waals surface area contributed by atoms with Gasteiger partial charge >= 0.3 is 0 Å². The molecule has 0 aliphatic carbocycles. The second kappa shape index (κ2) is 7.15. The van der Waals surface area contributed by atoms with E-state index in [1.807, 2.05) is 36.4 Å². The number of aryl methyl sites for hydroxylation is 1. The summed E-state index contributed by atoms with van der Waals surface area (Å²) in [5.74, 6) is 0.656. The Morgan fingerprint density at radius 3 is 2.87 bits per heavy atom. The lowest BCUT2D eigenvalue weighted by Gasteiger charge is -2.04. The molecule has 1 N–H and O–H groups in total. The number of halogens is 1. The van der Waals surface area contributed by atoms with Crippen molar-refractivity contribution in [2.45, 2.75) is 12.8 Å². The van der Waals surface area contributed by atoms with Crippen molar-refractivity contribution >= 4 is 27.5 Å². The Morgan fingerprint density at radius 1 is 1.17 bits per heavy atom. The molecular formula is C16H13BrN4O2. The van der Waals surface area contributed by atoms with E-state index in [0.717, 1.165) is 10.2 Å². The molecular weight excluding hydrogens is 360 g/mol. The number of carbonyl (C=O) groups is 1. The maximum atomic E-state index is 11.9. The third kappa shape index (κ3) is 4.23. The number of amides is 1.